The maximum atomic E-state index is 13.4. The van der Waals surface area contributed by atoms with E-state index in [1.807, 2.05) is 0 Å². The van der Waals surface area contributed by atoms with Gasteiger partial charge in [-0.3, -0.25) is 0 Å². The number of aliphatic hydroxyl groups is 1. The van der Waals surface area contributed by atoms with Gasteiger partial charge < -0.3 is 5.11 Å². The molecule has 0 spiro atoms. The Kier molecular flexibility index (Phi) is 4.11. The van der Waals surface area contributed by atoms with E-state index in [0.717, 1.165) is 6.42 Å². The molecule has 1 aromatic rings. The summed E-state index contributed by atoms with van der Waals surface area (Å²) >= 11 is 0. The van der Waals surface area contributed by atoms with Crippen molar-refractivity contribution < 1.29 is 13.9 Å². The summed E-state index contributed by atoms with van der Waals surface area (Å²) in [4.78, 5) is 0. The molecular formula is C14H18F2O. The van der Waals surface area contributed by atoms with E-state index in [0.29, 0.717) is 12.3 Å². The molecule has 0 amide bonds. The van der Waals surface area contributed by atoms with E-state index >= 15 is 0 Å². The highest BCUT2D eigenvalue weighted by Crippen LogP contribution is 2.32. The molecule has 0 aliphatic heterocycles. The van der Waals surface area contributed by atoms with Crippen LogP contribution in [0.4, 0.5) is 8.78 Å². The molecule has 1 unspecified atom stereocenters. The van der Waals surface area contributed by atoms with Gasteiger partial charge in [-0.1, -0.05) is 31.7 Å². The Morgan fingerprint density at radius 1 is 1.18 bits per heavy atom. The number of hydrogen-bond donors (Lipinski definition) is 1. The van der Waals surface area contributed by atoms with Crippen molar-refractivity contribution in [1.29, 1.82) is 0 Å². The smallest absolute Gasteiger partial charge is 0.131 e. The summed E-state index contributed by atoms with van der Waals surface area (Å²) in [5, 5.41) is 9.86. The molecule has 17 heavy (non-hydrogen) atoms. The van der Waals surface area contributed by atoms with Crippen molar-refractivity contribution in [3.05, 3.63) is 35.4 Å². The Bertz CT molecular complexity index is 352. The van der Waals surface area contributed by atoms with Crippen LogP contribution in [0, 0.1) is 17.6 Å². The fourth-order valence-electron chi connectivity index (χ4n) is 2.67. The lowest BCUT2D eigenvalue weighted by atomic mass is 9.96. The van der Waals surface area contributed by atoms with Crippen molar-refractivity contribution >= 4 is 0 Å². The van der Waals surface area contributed by atoms with Crippen LogP contribution in [0.5, 0.6) is 0 Å². The van der Waals surface area contributed by atoms with Crippen LogP contribution in [-0.4, -0.2) is 5.11 Å². The molecule has 1 aromatic carbocycles. The first-order valence-corrected chi connectivity index (χ1v) is 6.30. The van der Waals surface area contributed by atoms with Gasteiger partial charge in [-0.15, -0.1) is 0 Å². The fraction of sp³-hybridized carbons (Fsp3) is 0.571. The fourth-order valence-corrected chi connectivity index (χ4v) is 2.67. The topological polar surface area (TPSA) is 20.2 Å². The number of rotatable bonds is 4. The summed E-state index contributed by atoms with van der Waals surface area (Å²) in [7, 11) is 0. The van der Waals surface area contributed by atoms with E-state index < -0.39 is 17.7 Å². The first-order chi connectivity index (χ1) is 8.18. The van der Waals surface area contributed by atoms with Crippen LogP contribution < -0.4 is 0 Å². The normalized spacial score (nSPS) is 18.5. The van der Waals surface area contributed by atoms with E-state index in [9.17, 15) is 13.9 Å². The van der Waals surface area contributed by atoms with Crippen LogP contribution in [0.1, 0.15) is 50.2 Å². The van der Waals surface area contributed by atoms with E-state index in [1.165, 1.54) is 43.9 Å². The first-order valence-electron chi connectivity index (χ1n) is 6.30. The van der Waals surface area contributed by atoms with E-state index in [-0.39, 0.29) is 5.56 Å². The van der Waals surface area contributed by atoms with E-state index in [1.54, 1.807) is 0 Å². The van der Waals surface area contributed by atoms with Crippen LogP contribution in [0.3, 0.4) is 0 Å². The zero-order valence-electron chi connectivity index (χ0n) is 9.83. The lowest BCUT2D eigenvalue weighted by Gasteiger charge is -2.15. The van der Waals surface area contributed by atoms with Gasteiger partial charge in [0.05, 0.1) is 11.7 Å². The van der Waals surface area contributed by atoms with Gasteiger partial charge in [0.25, 0.3) is 0 Å². The molecule has 1 N–H and O–H groups in total. The van der Waals surface area contributed by atoms with E-state index in [4.69, 9.17) is 0 Å². The molecular weight excluding hydrogens is 222 g/mol. The van der Waals surface area contributed by atoms with E-state index in [2.05, 4.69) is 0 Å². The number of aliphatic hydroxyl groups excluding tert-OH is 1. The molecule has 0 aromatic heterocycles. The van der Waals surface area contributed by atoms with Gasteiger partial charge in [0, 0.05) is 0 Å². The third-order valence-electron chi connectivity index (χ3n) is 3.66. The highest BCUT2D eigenvalue weighted by Gasteiger charge is 2.21. The number of benzene rings is 1. The average Bonchev–Trinajstić information content (AvgIpc) is 2.79. The predicted octanol–water partition coefficient (Wildman–Crippen LogP) is 3.97. The molecule has 1 fully saturated rings. The van der Waals surface area contributed by atoms with Crippen LogP contribution in [-0.2, 0) is 0 Å². The van der Waals surface area contributed by atoms with Crippen molar-refractivity contribution in [2.75, 3.05) is 0 Å². The Morgan fingerprint density at radius 2 is 1.76 bits per heavy atom. The van der Waals surface area contributed by atoms with Crippen molar-refractivity contribution in [2.45, 2.75) is 44.6 Å². The SMILES string of the molecule is OC(CCC1CCCC1)c1c(F)cccc1F. The Morgan fingerprint density at radius 3 is 2.35 bits per heavy atom. The van der Waals surface area contributed by atoms with Crippen molar-refractivity contribution in [3.8, 4) is 0 Å². The quantitative estimate of drug-likeness (QED) is 0.844. The molecule has 1 nitrogen and oxygen atoms in total. The Hall–Kier alpha value is -0.960. The molecule has 1 saturated carbocycles. The van der Waals surface area contributed by atoms with Crippen LogP contribution in [0.15, 0.2) is 18.2 Å². The number of halogens is 2. The molecule has 1 atom stereocenters. The van der Waals surface area contributed by atoms with Gasteiger partial charge in [-0.05, 0) is 30.9 Å². The minimum absolute atomic E-state index is 0.175. The summed E-state index contributed by atoms with van der Waals surface area (Å²) in [5.41, 5.74) is -0.175. The second-order valence-electron chi connectivity index (χ2n) is 4.88. The number of hydrogen-bond acceptors (Lipinski definition) is 1. The molecule has 94 valence electrons. The monoisotopic (exact) mass is 240 g/mol. The van der Waals surface area contributed by atoms with Crippen LogP contribution in [0.2, 0.25) is 0 Å². The predicted molar refractivity (Wildman–Crippen MR) is 62.5 cm³/mol. The molecule has 1 aliphatic rings. The lowest BCUT2D eigenvalue weighted by Crippen LogP contribution is -2.06. The lowest BCUT2D eigenvalue weighted by molar-refractivity contribution is 0.148. The molecule has 1 aliphatic carbocycles. The van der Waals surface area contributed by atoms with Crippen LogP contribution >= 0.6 is 0 Å². The molecule has 0 bridgehead atoms. The zero-order valence-corrected chi connectivity index (χ0v) is 9.83. The van der Waals surface area contributed by atoms with Gasteiger partial charge in [0.15, 0.2) is 0 Å². The summed E-state index contributed by atoms with van der Waals surface area (Å²) in [6.45, 7) is 0. The molecule has 0 radical (unpaired) electrons. The molecule has 0 heterocycles. The van der Waals surface area contributed by atoms with Crippen molar-refractivity contribution in [3.63, 3.8) is 0 Å². The average molecular weight is 240 g/mol. The maximum Gasteiger partial charge on any atom is 0.131 e. The van der Waals surface area contributed by atoms with Gasteiger partial charge in [0.1, 0.15) is 11.6 Å². The summed E-state index contributed by atoms with van der Waals surface area (Å²) in [6.07, 6.45) is 5.15. The summed E-state index contributed by atoms with van der Waals surface area (Å²) in [6, 6.07) is 3.70. The molecule has 2 rings (SSSR count). The highest BCUT2D eigenvalue weighted by molar-refractivity contribution is 5.21. The van der Waals surface area contributed by atoms with Gasteiger partial charge in [0.2, 0.25) is 0 Å². The first kappa shape index (κ1) is 12.5. The minimum Gasteiger partial charge on any atom is -0.388 e. The van der Waals surface area contributed by atoms with Crippen LogP contribution in [0.25, 0.3) is 0 Å². The van der Waals surface area contributed by atoms with Gasteiger partial charge in [-0.25, -0.2) is 8.78 Å². The minimum atomic E-state index is -1.02. The Labute approximate surface area is 100 Å². The highest BCUT2D eigenvalue weighted by atomic mass is 19.1. The van der Waals surface area contributed by atoms with Crippen molar-refractivity contribution in [2.24, 2.45) is 5.92 Å². The second-order valence-corrected chi connectivity index (χ2v) is 4.88. The zero-order chi connectivity index (χ0) is 12.3. The van der Waals surface area contributed by atoms with Crippen molar-refractivity contribution in [1.82, 2.24) is 0 Å². The summed E-state index contributed by atoms with van der Waals surface area (Å²) in [5.74, 6) is -0.674. The molecule has 3 heteroatoms. The third kappa shape index (κ3) is 3.03. The third-order valence-corrected chi connectivity index (χ3v) is 3.66. The van der Waals surface area contributed by atoms with Gasteiger partial charge >= 0.3 is 0 Å². The second kappa shape index (κ2) is 5.58. The largest absolute Gasteiger partial charge is 0.388 e. The standard InChI is InChI=1S/C14H18F2O/c15-11-6-3-7-12(16)14(11)13(17)9-8-10-4-1-2-5-10/h3,6-7,10,13,17H,1-2,4-5,8-9H2. The maximum absolute atomic E-state index is 13.4. The Balaban J connectivity index is 1.96. The summed E-state index contributed by atoms with van der Waals surface area (Å²) < 4.78 is 26.8. The molecule has 0 saturated heterocycles. The van der Waals surface area contributed by atoms with Gasteiger partial charge in [-0.2, -0.15) is 0 Å².